The van der Waals surface area contributed by atoms with Gasteiger partial charge in [0.05, 0.1) is 18.4 Å². The Morgan fingerprint density at radius 1 is 1.40 bits per heavy atom. The molecule has 0 spiro atoms. The van der Waals surface area contributed by atoms with Crippen molar-refractivity contribution in [3.8, 4) is 5.75 Å². The van der Waals surface area contributed by atoms with Crippen molar-refractivity contribution < 1.29 is 14.7 Å². The molecule has 5 heteroatoms. The summed E-state index contributed by atoms with van der Waals surface area (Å²) in [6, 6.07) is 8.01. The van der Waals surface area contributed by atoms with Gasteiger partial charge in [-0.05, 0) is 51.4 Å². The molecule has 0 aliphatic carbocycles. The van der Waals surface area contributed by atoms with Crippen LogP contribution in [0, 0.1) is 5.41 Å². The smallest absolute Gasteiger partial charge is 0.128 e. The molecular weight excluding hydrogens is 316 g/mol. The second-order valence-corrected chi connectivity index (χ2v) is 7.08. The lowest BCUT2D eigenvalue weighted by Crippen LogP contribution is -2.64. The summed E-state index contributed by atoms with van der Waals surface area (Å²) < 4.78 is 6.22. The molecule has 0 amide bonds. The Morgan fingerprint density at radius 2 is 2.12 bits per heavy atom. The lowest BCUT2D eigenvalue weighted by atomic mass is 9.66. The number of benzene rings is 1. The van der Waals surface area contributed by atoms with Crippen molar-refractivity contribution in [3.05, 3.63) is 42.5 Å². The molecule has 1 aromatic rings. The summed E-state index contributed by atoms with van der Waals surface area (Å²) in [7, 11) is 1.54. The van der Waals surface area contributed by atoms with Crippen molar-refractivity contribution in [3.63, 3.8) is 0 Å². The molecule has 3 aliphatic heterocycles. The first kappa shape index (κ1) is 18.0. The van der Waals surface area contributed by atoms with Gasteiger partial charge in [0.25, 0.3) is 0 Å². The first-order chi connectivity index (χ1) is 12.1. The van der Waals surface area contributed by atoms with Crippen LogP contribution < -0.4 is 4.74 Å². The second kappa shape index (κ2) is 7.58. The first-order valence-electron chi connectivity index (χ1n) is 8.94. The van der Waals surface area contributed by atoms with Crippen molar-refractivity contribution in [1.82, 2.24) is 4.90 Å². The van der Waals surface area contributed by atoms with E-state index in [1.165, 1.54) is 7.11 Å². The van der Waals surface area contributed by atoms with Gasteiger partial charge in [0.1, 0.15) is 12.9 Å². The fraction of sp³-hybridized carbons (Fsp3) is 0.550. The number of hydrogen-bond donors (Lipinski definition) is 1. The molecule has 0 aromatic heterocycles. The third-order valence-electron chi connectivity index (χ3n) is 5.68. The summed E-state index contributed by atoms with van der Waals surface area (Å²) in [5.74, 6) is 0.788. The van der Waals surface area contributed by atoms with Crippen LogP contribution in [0.25, 0.3) is 0 Å². The van der Waals surface area contributed by atoms with Gasteiger partial charge in [0, 0.05) is 17.0 Å². The molecule has 3 aliphatic rings. The fourth-order valence-corrected chi connectivity index (χ4v) is 4.18. The molecule has 2 bridgehead atoms. The van der Waals surface area contributed by atoms with Crippen molar-refractivity contribution >= 4 is 5.71 Å². The molecule has 0 radical (unpaired) electrons. The zero-order valence-electron chi connectivity index (χ0n) is 15.1. The summed E-state index contributed by atoms with van der Waals surface area (Å²) in [5.41, 5.74) is 1.52. The minimum absolute atomic E-state index is 0.163. The van der Waals surface area contributed by atoms with Crippen molar-refractivity contribution in [1.29, 1.82) is 0 Å². The number of rotatable bonds is 7. The summed E-state index contributed by atoms with van der Waals surface area (Å²) in [6.07, 6.45) is 4.28. The van der Waals surface area contributed by atoms with Gasteiger partial charge >= 0.3 is 0 Å². The highest BCUT2D eigenvalue weighted by Crippen LogP contribution is 2.44. The molecule has 136 valence electrons. The number of piperidine rings is 3. The van der Waals surface area contributed by atoms with Crippen molar-refractivity contribution in [2.75, 3.05) is 26.8 Å². The zero-order valence-corrected chi connectivity index (χ0v) is 15.1. The van der Waals surface area contributed by atoms with Gasteiger partial charge in [0.15, 0.2) is 0 Å². The SMILES string of the molecule is C=CCC1C(O)C2(COc3ccccc3/C(C)=N/OC)CCN1CC2. The van der Waals surface area contributed by atoms with Crippen LogP contribution in [0.2, 0.25) is 0 Å². The van der Waals surface area contributed by atoms with Gasteiger partial charge in [-0.15, -0.1) is 6.58 Å². The minimum Gasteiger partial charge on any atom is -0.492 e. The van der Waals surface area contributed by atoms with E-state index in [9.17, 15) is 5.11 Å². The van der Waals surface area contributed by atoms with E-state index >= 15 is 0 Å². The van der Waals surface area contributed by atoms with E-state index in [2.05, 4.69) is 16.6 Å². The Bertz CT molecular complexity index is 636. The van der Waals surface area contributed by atoms with E-state index < -0.39 is 0 Å². The second-order valence-electron chi connectivity index (χ2n) is 7.08. The van der Waals surface area contributed by atoms with Crippen LogP contribution in [-0.2, 0) is 4.84 Å². The van der Waals surface area contributed by atoms with E-state index in [1.54, 1.807) is 0 Å². The highest BCUT2D eigenvalue weighted by molar-refractivity contribution is 6.00. The Hall–Kier alpha value is -1.85. The lowest BCUT2D eigenvalue weighted by molar-refractivity contribution is -0.146. The van der Waals surface area contributed by atoms with Crippen molar-refractivity contribution in [2.45, 2.75) is 38.3 Å². The standard InChI is InChI=1S/C20H28N2O3/c1-4-7-17-19(23)20(10-12-22(17)13-11-20)14-25-18-9-6-5-8-16(18)15(2)21-24-3/h4-6,8-9,17,19,23H,1,7,10-14H2,2-3H3/b21-15+. The highest BCUT2D eigenvalue weighted by atomic mass is 16.6. The van der Waals surface area contributed by atoms with Crippen LogP contribution >= 0.6 is 0 Å². The first-order valence-corrected chi connectivity index (χ1v) is 8.94. The summed E-state index contributed by atoms with van der Waals surface area (Å²) in [5, 5.41) is 15.0. The summed E-state index contributed by atoms with van der Waals surface area (Å²) >= 11 is 0. The molecule has 1 aromatic carbocycles. The van der Waals surface area contributed by atoms with Gasteiger partial charge in [-0.25, -0.2) is 0 Å². The van der Waals surface area contributed by atoms with Crippen LogP contribution in [-0.4, -0.2) is 54.7 Å². The van der Waals surface area contributed by atoms with E-state index in [4.69, 9.17) is 9.57 Å². The van der Waals surface area contributed by atoms with Crippen LogP contribution in [0.3, 0.4) is 0 Å². The Labute approximate surface area is 149 Å². The van der Waals surface area contributed by atoms with Gasteiger partial charge in [-0.3, -0.25) is 4.90 Å². The number of aliphatic hydroxyl groups excluding tert-OH is 1. The maximum atomic E-state index is 11.0. The van der Waals surface area contributed by atoms with E-state index in [0.29, 0.717) is 6.61 Å². The zero-order chi connectivity index (χ0) is 17.9. The van der Waals surface area contributed by atoms with Crippen LogP contribution in [0.4, 0.5) is 0 Å². The highest BCUT2D eigenvalue weighted by Gasteiger charge is 2.51. The molecule has 25 heavy (non-hydrogen) atoms. The van der Waals surface area contributed by atoms with E-state index in [-0.39, 0.29) is 17.6 Å². The number of nitrogens with zero attached hydrogens (tertiary/aromatic N) is 2. The summed E-state index contributed by atoms with van der Waals surface area (Å²) in [6.45, 7) is 8.30. The Morgan fingerprint density at radius 3 is 2.80 bits per heavy atom. The van der Waals surface area contributed by atoms with Gasteiger partial charge in [-0.2, -0.15) is 0 Å². The average molecular weight is 344 g/mol. The maximum Gasteiger partial charge on any atom is 0.128 e. The van der Waals surface area contributed by atoms with Crippen LogP contribution in [0.1, 0.15) is 31.7 Å². The molecular formula is C20H28N2O3. The Balaban J connectivity index is 1.77. The molecule has 4 rings (SSSR count). The number of hydrogen-bond acceptors (Lipinski definition) is 5. The number of aliphatic hydroxyl groups is 1. The predicted octanol–water partition coefficient (Wildman–Crippen LogP) is 2.84. The quantitative estimate of drug-likeness (QED) is 0.469. The van der Waals surface area contributed by atoms with E-state index in [1.807, 2.05) is 37.3 Å². The molecule has 2 unspecified atom stereocenters. The third kappa shape index (κ3) is 3.44. The monoisotopic (exact) mass is 344 g/mol. The minimum atomic E-state index is -0.381. The number of para-hydroxylation sites is 1. The molecule has 3 heterocycles. The topological polar surface area (TPSA) is 54.3 Å². The van der Waals surface area contributed by atoms with E-state index in [0.717, 1.165) is 49.4 Å². The lowest BCUT2D eigenvalue weighted by Gasteiger charge is -2.55. The van der Waals surface area contributed by atoms with Crippen LogP contribution in [0.15, 0.2) is 42.1 Å². The average Bonchev–Trinajstić information content (AvgIpc) is 2.64. The predicted molar refractivity (Wildman–Crippen MR) is 99.0 cm³/mol. The molecule has 1 N–H and O–H groups in total. The largest absolute Gasteiger partial charge is 0.492 e. The third-order valence-corrected chi connectivity index (χ3v) is 5.68. The number of oxime groups is 1. The van der Waals surface area contributed by atoms with Gasteiger partial charge < -0.3 is 14.7 Å². The molecule has 3 fully saturated rings. The maximum absolute atomic E-state index is 11.0. The Kier molecular flexibility index (Phi) is 5.45. The van der Waals surface area contributed by atoms with Crippen molar-refractivity contribution in [2.24, 2.45) is 10.6 Å². The number of ether oxygens (including phenoxy) is 1. The number of fused-ring (bicyclic) bond motifs is 3. The van der Waals surface area contributed by atoms with Crippen LogP contribution in [0.5, 0.6) is 5.75 Å². The molecule has 2 atom stereocenters. The normalized spacial score (nSPS) is 31.6. The van der Waals surface area contributed by atoms with Gasteiger partial charge in [-0.1, -0.05) is 23.4 Å². The molecule has 3 saturated heterocycles. The van der Waals surface area contributed by atoms with Gasteiger partial charge in [0.2, 0.25) is 0 Å². The molecule has 5 nitrogen and oxygen atoms in total. The summed E-state index contributed by atoms with van der Waals surface area (Å²) in [4.78, 5) is 7.28. The molecule has 0 saturated carbocycles. The fourth-order valence-electron chi connectivity index (χ4n) is 4.18.